The van der Waals surface area contributed by atoms with Crippen molar-refractivity contribution >= 4 is 33.3 Å². The van der Waals surface area contributed by atoms with E-state index in [0.29, 0.717) is 5.56 Å². The number of benzene rings is 1. The fourth-order valence-corrected chi connectivity index (χ4v) is 1.76. The van der Waals surface area contributed by atoms with Gasteiger partial charge in [0.15, 0.2) is 5.78 Å². The molecule has 0 bridgehead atoms. The summed E-state index contributed by atoms with van der Waals surface area (Å²) in [5.74, 6) is -0.0161. The Morgan fingerprint density at radius 3 is 2.64 bits per heavy atom. The van der Waals surface area contributed by atoms with E-state index in [-0.39, 0.29) is 5.78 Å². The number of hydrogen-bond acceptors (Lipinski definition) is 1. The van der Waals surface area contributed by atoms with Crippen LogP contribution in [0, 0.1) is 6.92 Å². The van der Waals surface area contributed by atoms with E-state index in [1.807, 2.05) is 25.1 Å². The normalized spacial score (nSPS) is 12.6. The third-order valence-corrected chi connectivity index (χ3v) is 2.78. The Morgan fingerprint density at radius 2 is 2.14 bits per heavy atom. The Kier molecular flexibility index (Phi) is 4.14. The first-order valence-corrected chi connectivity index (χ1v) is 5.95. The summed E-state index contributed by atoms with van der Waals surface area (Å²) in [5, 5.41) is 0.297. The molecule has 0 saturated heterocycles. The van der Waals surface area contributed by atoms with Crippen molar-refractivity contribution in [2.24, 2.45) is 0 Å². The third-order valence-electron chi connectivity index (χ3n) is 1.94. The van der Waals surface area contributed by atoms with E-state index in [2.05, 4.69) is 15.9 Å². The summed E-state index contributed by atoms with van der Waals surface area (Å²) in [7, 11) is 0. The maximum Gasteiger partial charge on any atom is 0.180 e. The van der Waals surface area contributed by atoms with Crippen molar-refractivity contribution in [2.45, 2.75) is 24.6 Å². The van der Waals surface area contributed by atoms with Crippen LogP contribution in [0.1, 0.15) is 28.4 Å². The molecular formula is C11H12BrClO. The van der Waals surface area contributed by atoms with Gasteiger partial charge in [-0.05, 0) is 31.5 Å². The lowest BCUT2D eigenvalue weighted by Gasteiger charge is -2.06. The van der Waals surface area contributed by atoms with Crippen LogP contribution in [0.25, 0.3) is 0 Å². The molecule has 1 aromatic rings. The molecule has 1 unspecified atom stereocenters. The molecule has 0 heterocycles. The van der Waals surface area contributed by atoms with Gasteiger partial charge in [0, 0.05) is 10.9 Å². The maximum atomic E-state index is 11.6. The monoisotopic (exact) mass is 274 g/mol. The molecular weight excluding hydrogens is 263 g/mol. The lowest BCUT2D eigenvalue weighted by Crippen LogP contribution is -2.10. The van der Waals surface area contributed by atoms with Crippen LogP contribution in [-0.2, 0) is 5.33 Å². The van der Waals surface area contributed by atoms with Crippen molar-refractivity contribution in [3.63, 3.8) is 0 Å². The number of carbonyl (C=O) groups is 1. The molecule has 0 N–H and O–H groups in total. The van der Waals surface area contributed by atoms with Gasteiger partial charge in [-0.3, -0.25) is 4.79 Å². The Bertz CT molecular complexity index is 347. The Hall–Kier alpha value is -0.340. The van der Waals surface area contributed by atoms with Crippen molar-refractivity contribution in [2.75, 3.05) is 0 Å². The van der Waals surface area contributed by atoms with Gasteiger partial charge in [0.2, 0.25) is 0 Å². The maximum absolute atomic E-state index is 11.6. The average molecular weight is 276 g/mol. The minimum atomic E-state index is -0.458. The molecule has 14 heavy (non-hydrogen) atoms. The number of ketones is 1. The smallest absolute Gasteiger partial charge is 0.180 e. The van der Waals surface area contributed by atoms with Crippen LogP contribution < -0.4 is 0 Å². The van der Waals surface area contributed by atoms with Crippen LogP contribution in [0.15, 0.2) is 18.2 Å². The first-order chi connectivity index (χ1) is 6.54. The van der Waals surface area contributed by atoms with Gasteiger partial charge < -0.3 is 0 Å². The number of aryl methyl sites for hydroxylation is 1. The molecule has 1 aromatic carbocycles. The van der Waals surface area contributed by atoms with Gasteiger partial charge in [-0.1, -0.05) is 27.6 Å². The van der Waals surface area contributed by atoms with Crippen molar-refractivity contribution < 1.29 is 4.79 Å². The van der Waals surface area contributed by atoms with Gasteiger partial charge in [-0.15, -0.1) is 11.6 Å². The summed E-state index contributed by atoms with van der Waals surface area (Å²) in [4.78, 5) is 11.6. The second-order valence-corrected chi connectivity index (χ2v) is 4.54. The molecule has 0 aliphatic carbocycles. The van der Waals surface area contributed by atoms with Crippen molar-refractivity contribution in [3.05, 3.63) is 34.9 Å². The second-order valence-electron chi connectivity index (χ2n) is 3.32. The minimum Gasteiger partial charge on any atom is -0.293 e. The molecule has 0 saturated carbocycles. The standard InChI is InChI=1S/C11H12BrClO/c1-7-3-9(6-12)5-10(4-7)11(14)8(2)13/h3-5,8H,6H2,1-2H3. The van der Waals surface area contributed by atoms with Crippen LogP contribution in [-0.4, -0.2) is 11.2 Å². The Balaban J connectivity index is 3.09. The Labute approximate surface area is 97.6 Å². The molecule has 3 heteroatoms. The van der Waals surface area contributed by atoms with Gasteiger partial charge in [0.25, 0.3) is 0 Å². The van der Waals surface area contributed by atoms with E-state index >= 15 is 0 Å². The summed E-state index contributed by atoms with van der Waals surface area (Å²) >= 11 is 9.12. The van der Waals surface area contributed by atoms with Crippen molar-refractivity contribution in [1.82, 2.24) is 0 Å². The topological polar surface area (TPSA) is 17.1 Å². The summed E-state index contributed by atoms with van der Waals surface area (Å²) in [5.41, 5.74) is 2.88. The highest BCUT2D eigenvalue weighted by Gasteiger charge is 2.12. The average Bonchev–Trinajstić information content (AvgIpc) is 2.15. The van der Waals surface area contributed by atoms with E-state index < -0.39 is 5.38 Å². The SMILES string of the molecule is Cc1cc(CBr)cc(C(=O)C(C)Cl)c1. The largest absolute Gasteiger partial charge is 0.293 e. The quantitative estimate of drug-likeness (QED) is 0.607. The molecule has 0 fully saturated rings. The van der Waals surface area contributed by atoms with Gasteiger partial charge in [0.05, 0.1) is 5.38 Å². The lowest BCUT2D eigenvalue weighted by molar-refractivity contribution is 0.0991. The number of rotatable bonds is 3. The van der Waals surface area contributed by atoms with Crippen molar-refractivity contribution in [1.29, 1.82) is 0 Å². The number of hydrogen-bond donors (Lipinski definition) is 0. The second kappa shape index (κ2) is 4.94. The van der Waals surface area contributed by atoms with Crippen LogP contribution in [0.5, 0.6) is 0 Å². The fourth-order valence-electron chi connectivity index (χ4n) is 1.31. The zero-order valence-electron chi connectivity index (χ0n) is 8.18. The Morgan fingerprint density at radius 1 is 1.50 bits per heavy atom. The number of alkyl halides is 2. The molecule has 0 radical (unpaired) electrons. The highest BCUT2D eigenvalue weighted by Crippen LogP contribution is 2.15. The summed E-state index contributed by atoms with van der Waals surface area (Å²) in [6.45, 7) is 3.67. The zero-order valence-corrected chi connectivity index (χ0v) is 10.5. The molecule has 0 aliphatic rings. The number of halogens is 2. The lowest BCUT2D eigenvalue weighted by atomic mass is 10.0. The molecule has 0 aliphatic heterocycles. The van der Waals surface area contributed by atoms with E-state index in [9.17, 15) is 4.79 Å². The third kappa shape index (κ3) is 2.82. The van der Waals surface area contributed by atoms with E-state index in [1.165, 1.54) is 0 Å². The molecule has 1 rings (SSSR count). The molecule has 0 aromatic heterocycles. The predicted octanol–water partition coefficient (Wildman–Crippen LogP) is 3.70. The molecule has 0 amide bonds. The van der Waals surface area contributed by atoms with Crippen LogP contribution in [0.3, 0.4) is 0 Å². The van der Waals surface area contributed by atoms with Crippen LogP contribution in [0.2, 0.25) is 0 Å². The van der Waals surface area contributed by atoms with E-state index in [1.54, 1.807) is 6.92 Å². The predicted molar refractivity (Wildman–Crippen MR) is 63.5 cm³/mol. The first-order valence-electron chi connectivity index (χ1n) is 4.39. The van der Waals surface area contributed by atoms with Crippen LogP contribution >= 0.6 is 27.5 Å². The van der Waals surface area contributed by atoms with Crippen molar-refractivity contribution in [3.8, 4) is 0 Å². The van der Waals surface area contributed by atoms with E-state index in [0.717, 1.165) is 16.5 Å². The summed E-state index contributed by atoms with van der Waals surface area (Å²) in [6.07, 6.45) is 0. The highest BCUT2D eigenvalue weighted by atomic mass is 79.9. The van der Waals surface area contributed by atoms with E-state index in [4.69, 9.17) is 11.6 Å². The molecule has 1 nitrogen and oxygen atoms in total. The fraction of sp³-hybridized carbons (Fsp3) is 0.364. The minimum absolute atomic E-state index is 0.0161. The molecule has 1 atom stereocenters. The number of Topliss-reactive ketones (excluding diaryl/α,β-unsaturated/α-hetero) is 1. The molecule has 0 spiro atoms. The van der Waals surface area contributed by atoms with Crippen LogP contribution in [0.4, 0.5) is 0 Å². The number of carbonyl (C=O) groups excluding carboxylic acids is 1. The highest BCUT2D eigenvalue weighted by molar-refractivity contribution is 9.08. The van der Waals surface area contributed by atoms with Gasteiger partial charge in [-0.2, -0.15) is 0 Å². The van der Waals surface area contributed by atoms with Gasteiger partial charge in [-0.25, -0.2) is 0 Å². The van der Waals surface area contributed by atoms with Gasteiger partial charge in [0.1, 0.15) is 0 Å². The summed E-state index contributed by atoms with van der Waals surface area (Å²) in [6, 6.07) is 5.79. The molecule has 76 valence electrons. The van der Waals surface area contributed by atoms with Gasteiger partial charge >= 0.3 is 0 Å². The zero-order chi connectivity index (χ0) is 10.7. The first kappa shape index (κ1) is 11.7. The summed E-state index contributed by atoms with van der Waals surface area (Å²) < 4.78 is 0.